The van der Waals surface area contributed by atoms with E-state index in [2.05, 4.69) is 20.9 Å². The highest BCUT2D eigenvalue weighted by atomic mass is 79.9. The van der Waals surface area contributed by atoms with Gasteiger partial charge in [-0.25, -0.2) is 4.98 Å². The number of hydrogen-bond donors (Lipinski definition) is 1. The number of ether oxygens (including phenoxy) is 1. The first-order valence-corrected chi connectivity index (χ1v) is 6.39. The van der Waals surface area contributed by atoms with Crippen molar-refractivity contribution >= 4 is 21.9 Å². The molecule has 0 spiro atoms. The number of methoxy groups -OCH3 is 1. The van der Waals surface area contributed by atoms with Gasteiger partial charge in [0.05, 0.1) is 25.3 Å². The van der Waals surface area contributed by atoms with Crippen molar-refractivity contribution in [2.45, 2.75) is 25.8 Å². The van der Waals surface area contributed by atoms with E-state index in [1.54, 1.807) is 0 Å². The van der Waals surface area contributed by atoms with Crippen LogP contribution in [0, 0.1) is 5.92 Å². The van der Waals surface area contributed by atoms with Crippen LogP contribution in [0.3, 0.4) is 0 Å². The molecule has 1 unspecified atom stereocenters. The average Bonchev–Trinajstić information content (AvgIpc) is 2.65. The zero-order valence-electron chi connectivity index (χ0n) is 9.65. The third kappa shape index (κ3) is 2.37. The van der Waals surface area contributed by atoms with Gasteiger partial charge in [0.25, 0.3) is 0 Å². The molecular weight excluding hydrogens is 288 g/mol. The van der Waals surface area contributed by atoms with E-state index >= 15 is 0 Å². The molecule has 0 fully saturated rings. The summed E-state index contributed by atoms with van der Waals surface area (Å²) in [4.78, 5) is 15.9. The molecule has 1 N–H and O–H groups in total. The number of aliphatic hydroxyl groups is 1. The first-order valence-electron chi connectivity index (χ1n) is 5.59. The quantitative estimate of drug-likeness (QED) is 0.843. The van der Waals surface area contributed by atoms with E-state index in [1.807, 2.05) is 4.57 Å². The number of carbonyl (C=O) groups is 1. The maximum absolute atomic E-state index is 11.5. The zero-order valence-corrected chi connectivity index (χ0v) is 11.2. The highest BCUT2D eigenvalue weighted by Crippen LogP contribution is 2.28. The lowest BCUT2D eigenvalue weighted by atomic mass is 9.98. The van der Waals surface area contributed by atoms with Crippen LogP contribution in [0.2, 0.25) is 0 Å². The summed E-state index contributed by atoms with van der Waals surface area (Å²) < 4.78 is 7.62. The molecule has 5 nitrogen and oxygen atoms in total. The molecule has 0 aromatic carbocycles. The van der Waals surface area contributed by atoms with Gasteiger partial charge in [-0.15, -0.1) is 0 Å². The molecule has 6 heteroatoms. The predicted molar refractivity (Wildman–Crippen MR) is 64.5 cm³/mol. The van der Waals surface area contributed by atoms with Crippen molar-refractivity contribution < 1.29 is 14.6 Å². The Morgan fingerprint density at radius 1 is 1.71 bits per heavy atom. The van der Waals surface area contributed by atoms with E-state index in [0.29, 0.717) is 13.0 Å². The summed E-state index contributed by atoms with van der Waals surface area (Å²) in [5.74, 6) is 0.546. The molecule has 0 amide bonds. The van der Waals surface area contributed by atoms with Crippen LogP contribution in [0.25, 0.3) is 0 Å². The van der Waals surface area contributed by atoms with E-state index < -0.39 is 0 Å². The number of rotatable bonds is 3. The average molecular weight is 303 g/mol. The second-order valence-electron chi connectivity index (χ2n) is 4.11. The number of nitrogens with zero attached hydrogens (tertiary/aromatic N) is 2. The first-order chi connectivity index (χ1) is 8.17. The third-order valence-electron chi connectivity index (χ3n) is 3.11. The summed E-state index contributed by atoms with van der Waals surface area (Å²) in [7, 11) is 1.41. The van der Waals surface area contributed by atoms with Crippen molar-refractivity contribution in [3.8, 4) is 0 Å². The molecule has 2 heterocycles. The topological polar surface area (TPSA) is 64.3 Å². The van der Waals surface area contributed by atoms with Crippen LogP contribution >= 0.6 is 15.9 Å². The lowest BCUT2D eigenvalue weighted by molar-refractivity contribution is -0.146. The zero-order chi connectivity index (χ0) is 12.4. The number of aliphatic hydroxyl groups excluding tert-OH is 1. The minimum absolute atomic E-state index is 0.0613. The SMILES string of the molecule is COC(=O)C1CCc2c(Br)nc(CCO)n2C1. The Hall–Kier alpha value is -0.880. The Balaban J connectivity index is 2.25. The Morgan fingerprint density at radius 2 is 2.47 bits per heavy atom. The molecule has 0 radical (unpaired) electrons. The van der Waals surface area contributed by atoms with Crippen LogP contribution < -0.4 is 0 Å². The monoisotopic (exact) mass is 302 g/mol. The first kappa shape index (κ1) is 12.6. The number of imidazole rings is 1. The normalized spacial score (nSPS) is 18.9. The van der Waals surface area contributed by atoms with Crippen LogP contribution in [0.4, 0.5) is 0 Å². The Morgan fingerprint density at radius 3 is 3.12 bits per heavy atom. The number of hydrogen-bond acceptors (Lipinski definition) is 4. The molecule has 1 aliphatic heterocycles. The minimum atomic E-state index is -0.171. The lowest BCUT2D eigenvalue weighted by Crippen LogP contribution is -2.28. The van der Waals surface area contributed by atoms with Gasteiger partial charge in [0, 0.05) is 13.0 Å². The summed E-state index contributed by atoms with van der Waals surface area (Å²) in [5.41, 5.74) is 1.11. The van der Waals surface area contributed by atoms with Gasteiger partial charge in [-0.2, -0.15) is 0 Å². The molecule has 1 aromatic heterocycles. The Kier molecular flexibility index (Phi) is 3.83. The number of halogens is 1. The van der Waals surface area contributed by atoms with E-state index in [9.17, 15) is 4.79 Å². The second-order valence-corrected chi connectivity index (χ2v) is 4.86. The van der Waals surface area contributed by atoms with Crippen molar-refractivity contribution in [3.63, 3.8) is 0 Å². The number of carbonyl (C=O) groups excluding carboxylic acids is 1. The summed E-state index contributed by atoms with van der Waals surface area (Å²) in [6.07, 6.45) is 2.10. The van der Waals surface area contributed by atoms with Crippen molar-refractivity contribution in [2.75, 3.05) is 13.7 Å². The summed E-state index contributed by atoms with van der Waals surface area (Å²) in [5, 5.41) is 8.99. The van der Waals surface area contributed by atoms with Crippen LogP contribution in [0.1, 0.15) is 17.9 Å². The molecular formula is C11H15BrN2O3. The van der Waals surface area contributed by atoms with Gasteiger partial charge in [-0.05, 0) is 28.8 Å². The van der Waals surface area contributed by atoms with E-state index in [-0.39, 0.29) is 18.5 Å². The van der Waals surface area contributed by atoms with E-state index in [4.69, 9.17) is 9.84 Å². The molecule has 1 aromatic rings. The van der Waals surface area contributed by atoms with Crippen LogP contribution in [-0.4, -0.2) is 34.3 Å². The van der Waals surface area contributed by atoms with Gasteiger partial charge in [0.1, 0.15) is 10.4 Å². The van der Waals surface area contributed by atoms with Gasteiger partial charge in [0.15, 0.2) is 0 Å². The van der Waals surface area contributed by atoms with Crippen molar-refractivity contribution in [3.05, 3.63) is 16.1 Å². The highest BCUT2D eigenvalue weighted by molar-refractivity contribution is 9.10. The third-order valence-corrected chi connectivity index (χ3v) is 3.74. The molecule has 0 saturated carbocycles. The van der Waals surface area contributed by atoms with Gasteiger partial charge < -0.3 is 14.4 Å². The van der Waals surface area contributed by atoms with Crippen molar-refractivity contribution in [1.82, 2.24) is 9.55 Å². The number of fused-ring (bicyclic) bond motifs is 1. The fourth-order valence-corrected chi connectivity index (χ4v) is 2.85. The van der Waals surface area contributed by atoms with Gasteiger partial charge in [-0.1, -0.05) is 0 Å². The standard InChI is InChI=1S/C11H15BrN2O3/c1-17-11(16)7-2-3-8-10(12)13-9(4-5-15)14(8)6-7/h7,15H,2-6H2,1H3. The lowest BCUT2D eigenvalue weighted by Gasteiger charge is -2.23. The van der Waals surface area contributed by atoms with Crippen LogP contribution in [0.15, 0.2) is 4.60 Å². The smallest absolute Gasteiger partial charge is 0.310 e. The fourth-order valence-electron chi connectivity index (χ4n) is 2.23. The second kappa shape index (κ2) is 5.18. The maximum Gasteiger partial charge on any atom is 0.310 e. The predicted octanol–water partition coefficient (Wildman–Crippen LogP) is 0.916. The van der Waals surface area contributed by atoms with Crippen LogP contribution in [0.5, 0.6) is 0 Å². The molecule has 0 aliphatic carbocycles. The van der Waals surface area contributed by atoms with Crippen molar-refractivity contribution in [2.24, 2.45) is 5.92 Å². The summed E-state index contributed by atoms with van der Waals surface area (Å²) >= 11 is 3.42. The maximum atomic E-state index is 11.5. The highest BCUT2D eigenvalue weighted by Gasteiger charge is 2.28. The largest absolute Gasteiger partial charge is 0.469 e. The molecule has 94 valence electrons. The van der Waals surface area contributed by atoms with E-state index in [0.717, 1.165) is 29.0 Å². The number of aromatic nitrogens is 2. The molecule has 0 bridgehead atoms. The van der Waals surface area contributed by atoms with E-state index in [1.165, 1.54) is 7.11 Å². The fraction of sp³-hybridized carbons (Fsp3) is 0.636. The van der Waals surface area contributed by atoms with Gasteiger partial charge >= 0.3 is 5.97 Å². The Labute approximate surface area is 108 Å². The van der Waals surface area contributed by atoms with Crippen LogP contribution in [-0.2, 0) is 28.9 Å². The Bertz CT molecular complexity index is 431. The minimum Gasteiger partial charge on any atom is -0.469 e. The molecule has 1 aliphatic rings. The molecule has 1 atom stereocenters. The van der Waals surface area contributed by atoms with Crippen molar-refractivity contribution in [1.29, 1.82) is 0 Å². The van der Waals surface area contributed by atoms with Gasteiger partial charge in [-0.3, -0.25) is 4.79 Å². The number of esters is 1. The molecule has 2 rings (SSSR count). The summed E-state index contributed by atoms with van der Waals surface area (Å²) in [6, 6.07) is 0. The van der Waals surface area contributed by atoms with Gasteiger partial charge in [0.2, 0.25) is 0 Å². The molecule has 0 saturated heterocycles. The molecule has 17 heavy (non-hydrogen) atoms. The summed E-state index contributed by atoms with van der Waals surface area (Å²) in [6.45, 7) is 0.654.